The minimum absolute atomic E-state index is 0.0141. The number of hydrogen-bond acceptors (Lipinski definition) is 7. The molecular weight excluding hydrogens is 452 g/mol. The van der Waals surface area contributed by atoms with Gasteiger partial charge in [0.1, 0.15) is 17.6 Å². The number of aromatic nitrogens is 3. The Balaban J connectivity index is 1.47. The highest BCUT2D eigenvalue weighted by Crippen LogP contribution is 2.29. The maximum absolute atomic E-state index is 13.0. The molecule has 3 aromatic rings. The number of thiazole rings is 1. The van der Waals surface area contributed by atoms with Gasteiger partial charge in [-0.25, -0.2) is 4.98 Å². The number of amides is 2. The molecule has 9 nitrogen and oxygen atoms in total. The van der Waals surface area contributed by atoms with Gasteiger partial charge in [-0.2, -0.15) is 4.98 Å². The van der Waals surface area contributed by atoms with E-state index in [0.29, 0.717) is 30.0 Å². The second-order valence-corrected chi connectivity index (χ2v) is 9.78. The lowest BCUT2D eigenvalue weighted by molar-refractivity contribution is -0.125. The Labute approximate surface area is 202 Å². The SMILES string of the molecule is CCNC(=O)C1CCN(c2nc3ncn(CC(=O)Nc4c(C)cc(C)cc4C)c(=O)c3s2)CC1. The zero-order chi connectivity index (χ0) is 24.4. The number of rotatable bonds is 6. The molecule has 2 amide bonds. The number of carbonyl (C=O) groups excluding carboxylic acids is 2. The third-order valence-corrected chi connectivity index (χ3v) is 7.21. The molecule has 1 aliphatic heterocycles. The van der Waals surface area contributed by atoms with E-state index in [4.69, 9.17) is 0 Å². The van der Waals surface area contributed by atoms with Crippen LogP contribution in [0.1, 0.15) is 36.5 Å². The Kier molecular flexibility index (Phi) is 6.97. The van der Waals surface area contributed by atoms with Gasteiger partial charge in [-0.3, -0.25) is 19.0 Å². The van der Waals surface area contributed by atoms with Crippen LogP contribution in [0.15, 0.2) is 23.3 Å². The number of nitrogens with one attached hydrogen (secondary N) is 2. The molecule has 0 aliphatic carbocycles. The first kappa shape index (κ1) is 23.9. The average Bonchev–Trinajstić information content (AvgIpc) is 3.24. The fourth-order valence-electron chi connectivity index (χ4n) is 4.45. The van der Waals surface area contributed by atoms with E-state index in [9.17, 15) is 14.4 Å². The van der Waals surface area contributed by atoms with Crippen molar-refractivity contribution in [3.8, 4) is 0 Å². The van der Waals surface area contributed by atoms with E-state index in [1.807, 2.05) is 39.8 Å². The first-order valence-electron chi connectivity index (χ1n) is 11.5. The molecule has 180 valence electrons. The fraction of sp³-hybridized carbons (Fsp3) is 0.458. The second kappa shape index (κ2) is 9.92. The Morgan fingerprint density at radius 3 is 2.47 bits per heavy atom. The summed E-state index contributed by atoms with van der Waals surface area (Å²) in [6, 6.07) is 4.03. The maximum atomic E-state index is 13.0. The molecule has 4 rings (SSSR count). The molecule has 10 heteroatoms. The molecule has 0 bridgehead atoms. The van der Waals surface area contributed by atoms with Crippen LogP contribution in [-0.4, -0.2) is 46.0 Å². The van der Waals surface area contributed by atoms with Crippen LogP contribution in [0.25, 0.3) is 10.3 Å². The highest BCUT2D eigenvalue weighted by atomic mass is 32.1. The second-order valence-electron chi connectivity index (χ2n) is 8.80. The minimum atomic E-state index is -0.282. The third kappa shape index (κ3) is 4.96. The summed E-state index contributed by atoms with van der Waals surface area (Å²) in [5.41, 5.74) is 3.97. The van der Waals surface area contributed by atoms with Crippen LogP contribution in [0.4, 0.5) is 10.8 Å². The lowest BCUT2D eigenvalue weighted by atomic mass is 9.96. The monoisotopic (exact) mass is 482 g/mol. The Morgan fingerprint density at radius 1 is 1.15 bits per heavy atom. The first-order valence-corrected chi connectivity index (χ1v) is 12.3. The summed E-state index contributed by atoms with van der Waals surface area (Å²) in [6.45, 7) is 9.75. The standard InChI is InChI=1S/C24H30N6O3S/c1-5-25-22(32)17-6-8-29(9-7-17)24-28-21-20(34-24)23(33)30(13-26-21)12-18(31)27-19-15(3)10-14(2)11-16(19)4/h10-11,13,17H,5-9,12H2,1-4H3,(H,25,32)(H,27,31). The lowest BCUT2D eigenvalue weighted by Crippen LogP contribution is -2.40. The summed E-state index contributed by atoms with van der Waals surface area (Å²) < 4.78 is 1.75. The van der Waals surface area contributed by atoms with E-state index in [-0.39, 0.29) is 29.8 Å². The molecule has 1 aliphatic rings. The van der Waals surface area contributed by atoms with E-state index < -0.39 is 0 Å². The fourth-order valence-corrected chi connectivity index (χ4v) is 5.47. The largest absolute Gasteiger partial charge is 0.356 e. The van der Waals surface area contributed by atoms with Crippen molar-refractivity contribution in [3.63, 3.8) is 0 Å². The molecule has 2 N–H and O–H groups in total. The van der Waals surface area contributed by atoms with Gasteiger partial charge >= 0.3 is 0 Å². The van der Waals surface area contributed by atoms with Gasteiger partial charge in [0.15, 0.2) is 10.8 Å². The van der Waals surface area contributed by atoms with Crippen molar-refractivity contribution < 1.29 is 9.59 Å². The quantitative estimate of drug-likeness (QED) is 0.559. The number of aryl methyl sites for hydroxylation is 3. The molecule has 0 spiro atoms. The van der Waals surface area contributed by atoms with Crippen molar-refractivity contribution in [2.24, 2.45) is 5.92 Å². The maximum Gasteiger partial charge on any atom is 0.273 e. The predicted molar refractivity (Wildman–Crippen MR) is 135 cm³/mol. The highest BCUT2D eigenvalue weighted by molar-refractivity contribution is 7.22. The van der Waals surface area contributed by atoms with Gasteiger partial charge in [0, 0.05) is 31.2 Å². The van der Waals surface area contributed by atoms with Crippen LogP contribution in [0, 0.1) is 26.7 Å². The van der Waals surface area contributed by atoms with E-state index in [2.05, 4.69) is 25.5 Å². The van der Waals surface area contributed by atoms with Gasteiger partial charge in [0.25, 0.3) is 5.56 Å². The summed E-state index contributed by atoms with van der Waals surface area (Å²) in [5.74, 6) is -0.166. The van der Waals surface area contributed by atoms with Gasteiger partial charge in [-0.05, 0) is 51.7 Å². The molecule has 0 unspecified atom stereocenters. The molecule has 34 heavy (non-hydrogen) atoms. The molecule has 3 heterocycles. The van der Waals surface area contributed by atoms with Gasteiger partial charge < -0.3 is 15.5 Å². The van der Waals surface area contributed by atoms with Crippen molar-refractivity contribution in [2.75, 3.05) is 29.9 Å². The van der Waals surface area contributed by atoms with Crippen LogP contribution in [-0.2, 0) is 16.1 Å². The molecular formula is C24H30N6O3S. The number of anilines is 2. The summed E-state index contributed by atoms with van der Waals surface area (Å²) in [6.07, 6.45) is 2.87. The molecule has 1 fully saturated rings. The lowest BCUT2D eigenvalue weighted by Gasteiger charge is -2.30. The summed E-state index contributed by atoms with van der Waals surface area (Å²) in [4.78, 5) is 48.8. The number of piperidine rings is 1. The Bertz CT molecular complexity index is 1270. The number of nitrogens with zero attached hydrogens (tertiary/aromatic N) is 4. The molecule has 0 atom stereocenters. The predicted octanol–water partition coefficient (Wildman–Crippen LogP) is 2.77. The summed E-state index contributed by atoms with van der Waals surface area (Å²) >= 11 is 1.29. The van der Waals surface area contributed by atoms with Crippen LogP contribution in [0.2, 0.25) is 0 Å². The summed E-state index contributed by atoms with van der Waals surface area (Å²) in [5, 5.41) is 6.54. The number of benzene rings is 1. The van der Waals surface area contributed by atoms with E-state index >= 15 is 0 Å². The zero-order valence-electron chi connectivity index (χ0n) is 20.0. The van der Waals surface area contributed by atoms with Gasteiger partial charge in [0.05, 0.1) is 0 Å². The number of carbonyl (C=O) groups is 2. The van der Waals surface area contributed by atoms with Crippen molar-refractivity contribution in [2.45, 2.75) is 47.1 Å². The third-order valence-electron chi connectivity index (χ3n) is 6.12. The van der Waals surface area contributed by atoms with Crippen molar-refractivity contribution in [3.05, 3.63) is 45.5 Å². The topological polar surface area (TPSA) is 109 Å². The van der Waals surface area contributed by atoms with E-state index in [0.717, 1.165) is 40.4 Å². The van der Waals surface area contributed by atoms with E-state index in [1.54, 1.807) is 0 Å². The average molecular weight is 483 g/mol. The van der Waals surface area contributed by atoms with Crippen LogP contribution in [0.3, 0.4) is 0 Å². The number of fused-ring (bicyclic) bond motifs is 1. The van der Waals surface area contributed by atoms with E-state index in [1.165, 1.54) is 22.2 Å². The highest BCUT2D eigenvalue weighted by Gasteiger charge is 2.26. The molecule has 1 saturated heterocycles. The Hall–Kier alpha value is -3.27. The molecule has 0 saturated carbocycles. The first-order chi connectivity index (χ1) is 16.3. The number of hydrogen-bond donors (Lipinski definition) is 2. The Morgan fingerprint density at radius 2 is 1.82 bits per heavy atom. The van der Waals surface area contributed by atoms with Gasteiger partial charge in [0.2, 0.25) is 11.8 Å². The van der Waals surface area contributed by atoms with Crippen molar-refractivity contribution in [1.29, 1.82) is 0 Å². The van der Waals surface area contributed by atoms with Crippen LogP contribution < -0.4 is 21.1 Å². The smallest absolute Gasteiger partial charge is 0.273 e. The molecule has 0 radical (unpaired) electrons. The minimum Gasteiger partial charge on any atom is -0.356 e. The molecule has 2 aromatic heterocycles. The van der Waals surface area contributed by atoms with Crippen LogP contribution >= 0.6 is 11.3 Å². The van der Waals surface area contributed by atoms with Crippen molar-refractivity contribution >= 4 is 44.3 Å². The summed E-state index contributed by atoms with van der Waals surface area (Å²) in [7, 11) is 0. The van der Waals surface area contributed by atoms with Crippen molar-refractivity contribution in [1.82, 2.24) is 19.9 Å². The van der Waals surface area contributed by atoms with Gasteiger partial charge in [-0.15, -0.1) is 0 Å². The molecule has 1 aromatic carbocycles. The normalized spacial score (nSPS) is 14.4. The van der Waals surface area contributed by atoms with Crippen LogP contribution in [0.5, 0.6) is 0 Å². The van der Waals surface area contributed by atoms with Gasteiger partial charge in [-0.1, -0.05) is 29.0 Å². The zero-order valence-corrected chi connectivity index (χ0v) is 20.8.